The fourth-order valence-electron chi connectivity index (χ4n) is 3.37. The van der Waals surface area contributed by atoms with E-state index >= 15 is 0 Å². The van der Waals surface area contributed by atoms with Crippen LogP contribution in [-0.2, 0) is 6.42 Å². The Hall–Kier alpha value is -0.930. The number of ether oxygens (including phenoxy) is 1. The number of hydrogen-bond acceptors (Lipinski definition) is 3. The summed E-state index contributed by atoms with van der Waals surface area (Å²) in [7, 11) is 3.83. The molecule has 1 fully saturated rings. The summed E-state index contributed by atoms with van der Waals surface area (Å²) in [6.07, 6.45) is 2.28. The quantitative estimate of drug-likeness (QED) is 0.844. The molecule has 3 nitrogen and oxygen atoms in total. The number of fused-ring (bicyclic) bond motifs is 1. The van der Waals surface area contributed by atoms with Gasteiger partial charge < -0.3 is 15.0 Å². The molecule has 3 rings (SSSR count). The van der Waals surface area contributed by atoms with Gasteiger partial charge in [-0.3, -0.25) is 0 Å². The van der Waals surface area contributed by atoms with Crippen LogP contribution in [-0.4, -0.2) is 33.8 Å². The molecule has 2 aliphatic rings. The molecule has 0 bridgehead atoms. The van der Waals surface area contributed by atoms with E-state index in [9.17, 15) is 0 Å². The molecular weight excluding hydrogens is 248 g/mol. The van der Waals surface area contributed by atoms with Gasteiger partial charge in [0, 0.05) is 31.2 Å². The monoisotopic (exact) mass is 266 g/mol. The minimum atomic E-state index is 0.345. The van der Waals surface area contributed by atoms with Crippen LogP contribution in [0.3, 0.4) is 0 Å². The molecular formula is C14H19ClN2O. The lowest BCUT2D eigenvalue weighted by molar-refractivity contribution is 0.314. The zero-order valence-corrected chi connectivity index (χ0v) is 11.7. The Balaban J connectivity index is 2.05. The third-order valence-electron chi connectivity index (χ3n) is 4.27. The van der Waals surface area contributed by atoms with Gasteiger partial charge in [0.05, 0.1) is 12.1 Å². The Labute approximate surface area is 113 Å². The van der Waals surface area contributed by atoms with Crippen molar-refractivity contribution in [3.8, 4) is 5.75 Å². The van der Waals surface area contributed by atoms with Crippen LogP contribution in [0.1, 0.15) is 12.0 Å². The lowest BCUT2D eigenvalue weighted by Gasteiger charge is -2.41. The molecule has 0 radical (unpaired) electrons. The molecule has 0 aliphatic carbocycles. The zero-order valence-electron chi connectivity index (χ0n) is 10.9. The molecule has 98 valence electrons. The molecule has 18 heavy (non-hydrogen) atoms. The molecule has 0 saturated carbocycles. The lowest BCUT2D eigenvalue weighted by Crippen LogP contribution is -2.43. The topological polar surface area (TPSA) is 24.5 Å². The van der Waals surface area contributed by atoms with Crippen molar-refractivity contribution in [3.63, 3.8) is 0 Å². The van der Waals surface area contributed by atoms with Crippen molar-refractivity contribution in [1.82, 2.24) is 5.32 Å². The highest BCUT2D eigenvalue weighted by atomic mass is 35.5. The van der Waals surface area contributed by atoms with E-state index in [1.807, 2.05) is 6.07 Å². The molecule has 2 heterocycles. The molecule has 1 N–H and O–H groups in total. The van der Waals surface area contributed by atoms with Crippen LogP contribution < -0.4 is 15.0 Å². The number of methoxy groups -OCH3 is 1. The van der Waals surface area contributed by atoms with E-state index in [1.54, 1.807) is 7.11 Å². The SMILES string of the molecule is COc1ccc2c(c1Cl)CC1(CCNC1)CN2C. The summed E-state index contributed by atoms with van der Waals surface area (Å²) in [5.74, 6) is 0.784. The van der Waals surface area contributed by atoms with Crippen LogP contribution in [0.2, 0.25) is 5.02 Å². The van der Waals surface area contributed by atoms with Crippen molar-refractivity contribution >= 4 is 17.3 Å². The summed E-state index contributed by atoms with van der Waals surface area (Å²) in [6, 6.07) is 4.08. The van der Waals surface area contributed by atoms with Gasteiger partial charge in [-0.2, -0.15) is 0 Å². The Morgan fingerprint density at radius 1 is 1.44 bits per heavy atom. The van der Waals surface area contributed by atoms with Crippen molar-refractivity contribution < 1.29 is 4.74 Å². The molecule has 1 aromatic rings. The highest BCUT2D eigenvalue weighted by molar-refractivity contribution is 6.33. The maximum atomic E-state index is 6.48. The molecule has 1 aromatic carbocycles. The summed E-state index contributed by atoms with van der Waals surface area (Å²) in [5.41, 5.74) is 2.84. The number of halogens is 1. The normalized spacial score (nSPS) is 26.5. The van der Waals surface area contributed by atoms with Crippen LogP contribution in [0.4, 0.5) is 5.69 Å². The molecule has 1 spiro atoms. The smallest absolute Gasteiger partial charge is 0.137 e. The first-order valence-corrected chi connectivity index (χ1v) is 6.80. The summed E-state index contributed by atoms with van der Waals surface area (Å²) >= 11 is 6.48. The van der Waals surface area contributed by atoms with Crippen LogP contribution in [0.25, 0.3) is 0 Å². The van der Waals surface area contributed by atoms with Gasteiger partial charge in [0.25, 0.3) is 0 Å². The van der Waals surface area contributed by atoms with Gasteiger partial charge in [-0.15, -0.1) is 0 Å². The van der Waals surface area contributed by atoms with Crippen molar-refractivity contribution in [2.45, 2.75) is 12.8 Å². The molecule has 0 amide bonds. The summed E-state index contributed by atoms with van der Waals surface area (Å²) in [5, 5.41) is 4.27. The molecule has 1 atom stereocenters. The van der Waals surface area contributed by atoms with Crippen molar-refractivity contribution in [2.75, 3.05) is 38.7 Å². The van der Waals surface area contributed by atoms with E-state index in [0.717, 1.165) is 36.8 Å². The lowest BCUT2D eigenvalue weighted by atomic mass is 9.77. The highest BCUT2D eigenvalue weighted by Gasteiger charge is 2.40. The van der Waals surface area contributed by atoms with Crippen LogP contribution in [0.15, 0.2) is 12.1 Å². The number of benzene rings is 1. The Morgan fingerprint density at radius 3 is 2.94 bits per heavy atom. The first-order valence-electron chi connectivity index (χ1n) is 6.42. The van der Waals surface area contributed by atoms with Gasteiger partial charge in [-0.1, -0.05) is 11.6 Å². The second-order valence-electron chi connectivity index (χ2n) is 5.54. The Morgan fingerprint density at radius 2 is 2.28 bits per heavy atom. The first-order chi connectivity index (χ1) is 8.65. The van der Waals surface area contributed by atoms with E-state index in [4.69, 9.17) is 16.3 Å². The minimum absolute atomic E-state index is 0.345. The third kappa shape index (κ3) is 1.77. The van der Waals surface area contributed by atoms with Gasteiger partial charge in [-0.25, -0.2) is 0 Å². The molecule has 4 heteroatoms. The predicted molar refractivity (Wildman–Crippen MR) is 74.9 cm³/mol. The van der Waals surface area contributed by atoms with E-state index in [2.05, 4.69) is 23.3 Å². The highest BCUT2D eigenvalue weighted by Crippen LogP contribution is 2.45. The van der Waals surface area contributed by atoms with Crippen molar-refractivity contribution in [1.29, 1.82) is 0 Å². The van der Waals surface area contributed by atoms with Gasteiger partial charge in [0.15, 0.2) is 0 Å². The number of hydrogen-bond donors (Lipinski definition) is 1. The summed E-state index contributed by atoms with van der Waals surface area (Å²) in [4.78, 5) is 2.33. The van der Waals surface area contributed by atoms with E-state index in [-0.39, 0.29) is 0 Å². The second kappa shape index (κ2) is 4.32. The average Bonchev–Trinajstić information content (AvgIpc) is 2.79. The number of nitrogens with one attached hydrogen (secondary N) is 1. The maximum Gasteiger partial charge on any atom is 0.137 e. The van der Waals surface area contributed by atoms with Gasteiger partial charge in [-0.05, 0) is 37.1 Å². The van der Waals surface area contributed by atoms with Crippen LogP contribution >= 0.6 is 11.6 Å². The third-order valence-corrected chi connectivity index (χ3v) is 4.69. The molecule has 2 aliphatic heterocycles. The standard InChI is InChI=1S/C14H19ClN2O/c1-17-9-14(5-6-16-8-14)7-10-11(17)3-4-12(18-2)13(10)15/h3-4,16H,5-9H2,1-2H3. The molecule has 1 saturated heterocycles. The fourth-order valence-corrected chi connectivity index (χ4v) is 3.68. The predicted octanol–water partition coefficient (Wildman–Crippen LogP) is 2.32. The van der Waals surface area contributed by atoms with Crippen LogP contribution in [0, 0.1) is 5.41 Å². The van der Waals surface area contributed by atoms with Crippen molar-refractivity contribution in [3.05, 3.63) is 22.7 Å². The van der Waals surface area contributed by atoms with E-state index in [1.165, 1.54) is 17.7 Å². The second-order valence-corrected chi connectivity index (χ2v) is 5.92. The average molecular weight is 267 g/mol. The maximum absolute atomic E-state index is 6.48. The van der Waals surface area contributed by atoms with Crippen molar-refractivity contribution in [2.24, 2.45) is 5.41 Å². The van der Waals surface area contributed by atoms with Gasteiger partial charge >= 0.3 is 0 Å². The first kappa shape index (κ1) is 12.1. The number of rotatable bonds is 1. The zero-order chi connectivity index (χ0) is 12.8. The number of nitrogens with zero attached hydrogens (tertiary/aromatic N) is 1. The Bertz CT molecular complexity index is 469. The molecule has 1 unspecified atom stereocenters. The van der Waals surface area contributed by atoms with Gasteiger partial charge in [0.2, 0.25) is 0 Å². The number of anilines is 1. The largest absolute Gasteiger partial charge is 0.495 e. The van der Waals surface area contributed by atoms with E-state index < -0.39 is 0 Å². The summed E-state index contributed by atoms with van der Waals surface area (Å²) < 4.78 is 5.33. The molecule has 0 aromatic heterocycles. The van der Waals surface area contributed by atoms with E-state index in [0.29, 0.717) is 5.41 Å². The van der Waals surface area contributed by atoms with Crippen LogP contribution in [0.5, 0.6) is 5.75 Å². The minimum Gasteiger partial charge on any atom is -0.495 e. The summed E-state index contributed by atoms with van der Waals surface area (Å²) in [6.45, 7) is 3.31. The Kier molecular flexibility index (Phi) is 2.91. The fraction of sp³-hybridized carbons (Fsp3) is 0.571. The van der Waals surface area contributed by atoms with Gasteiger partial charge in [0.1, 0.15) is 5.75 Å².